The van der Waals surface area contributed by atoms with E-state index in [-0.39, 0.29) is 0 Å². The van der Waals surface area contributed by atoms with E-state index in [4.69, 9.17) is 9.47 Å². The van der Waals surface area contributed by atoms with Crippen molar-refractivity contribution in [2.75, 3.05) is 25.1 Å². The van der Waals surface area contributed by atoms with Gasteiger partial charge in [-0.25, -0.2) is 0 Å². The molecule has 0 unspecified atom stereocenters. The number of para-hydroxylation sites is 2. The normalized spacial score (nSPS) is 10.2. The van der Waals surface area contributed by atoms with Gasteiger partial charge < -0.3 is 14.8 Å². The molecule has 0 fully saturated rings. The zero-order chi connectivity index (χ0) is 15.1. The van der Waals surface area contributed by atoms with Crippen molar-refractivity contribution in [2.45, 2.75) is 20.8 Å². The van der Waals surface area contributed by atoms with Crippen molar-refractivity contribution in [1.29, 1.82) is 0 Å². The summed E-state index contributed by atoms with van der Waals surface area (Å²) in [6, 6.07) is 14.2. The van der Waals surface area contributed by atoms with Crippen LogP contribution in [0.5, 0.6) is 11.5 Å². The van der Waals surface area contributed by atoms with Crippen molar-refractivity contribution in [3.63, 3.8) is 0 Å². The molecule has 0 saturated heterocycles. The van der Waals surface area contributed by atoms with E-state index < -0.39 is 0 Å². The third-order valence-electron chi connectivity index (χ3n) is 3.07. The molecule has 0 aromatic heterocycles. The molecule has 0 aliphatic carbocycles. The molecule has 3 nitrogen and oxygen atoms in total. The van der Waals surface area contributed by atoms with Crippen LogP contribution >= 0.6 is 0 Å². The van der Waals surface area contributed by atoms with E-state index >= 15 is 0 Å². The average molecular weight is 285 g/mol. The standard InChI is InChI=1S/C18H23NO2/c1-4-20-18-8-6-5-7-17(18)19-9-10-21-16-12-14(2)11-15(3)13-16/h5-8,11-13,19H,4,9-10H2,1-3H3. The third-order valence-corrected chi connectivity index (χ3v) is 3.07. The topological polar surface area (TPSA) is 30.5 Å². The van der Waals surface area contributed by atoms with Gasteiger partial charge in [0.15, 0.2) is 0 Å². The summed E-state index contributed by atoms with van der Waals surface area (Å²) in [4.78, 5) is 0. The molecule has 0 spiro atoms. The Morgan fingerprint density at radius 3 is 2.38 bits per heavy atom. The molecule has 112 valence electrons. The van der Waals surface area contributed by atoms with Crippen molar-refractivity contribution >= 4 is 5.69 Å². The first-order valence-corrected chi connectivity index (χ1v) is 7.36. The SMILES string of the molecule is CCOc1ccccc1NCCOc1cc(C)cc(C)c1. The minimum Gasteiger partial charge on any atom is -0.492 e. The van der Waals surface area contributed by atoms with E-state index in [0.717, 1.165) is 23.7 Å². The van der Waals surface area contributed by atoms with Gasteiger partial charge >= 0.3 is 0 Å². The van der Waals surface area contributed by atoms with Crippen molar-refractivity contribution in [3.05, 3.63) is 53.6 Å². The summed E-state index contributed by atoms with van der Waals surface area (Å²) in [5.74, 6) is 1.80. The number of rotatable bonds is 7. The lowest BCUT2D eigenvalue weighted by molar-refractivity contribution is 0.330. The summed E-state index contributed by atoms with van der Waals surface area (Å²) in [7, 11) is 0. The predicted molar refractivity (Wildman–Crippen MR) is 87.5 cm³/mol. The Labute approximate surface area is 126 Å². The minimum atomic E-state index is 0.614. The van der Waals surface area contributed by atoms with E-state index in [1.54, 1.807) is 0 Å². The second-order valence-corrected chi connectivity index (χ2v) is 5.03. The van der Waals surface area contributed by atoms with Crippen molar-refractivity contribution in [3.8, 4) is 11.5 Å². The Bertz CT molecular complexity index is 561. The number of benzene rings is 2. The fourth-order valence-electron chi connectivity index (χ4n) is 2.26. The molecule has 1 N–H and O–H groups in total. The largest absolute Gasteiger partial charge is 0.492 e. The first-order chi connectivity index (χ1) is 10.2. The number of hydrogen-bond donors (Lipinski definition) is 1. The molecule has 2 aromatic rings. The monoisotopic (exact) mass is 285 g/mol. The van der Waals surface area contributed by atoms with Crippen LogP contribution in [-0.4, -0.2) is 19.8 Å². The molecule has 3 heteroatoms. The van der Waals surface area contributed by atoms with Gasteiger partial charge in [-0.05, 0) is 56.2 Å². The van der Waals surface area contributed by atoms with Crippen LogP contribution in [0.4, 0.5) is 5.69 Å². The zero-order valence-corrected chi connectivity index (χ0v) is 13.0. The minimum absolute atomic E-state index is 0.614. The summed E-state index contributed by atoms with van der Waals surface area (Å²) < 4.78 is 11.4. The zero-order valence-electron chi connectivity index (χ0n) is 13.0. The molecule has 0 aliphatic heterocycles. The number of ether oxygens (including phenoxy) is 2. The Morgan fingerprint density at radius 2 is 1.67 bits per heavy atom. The quantitative estimate of drug-likeness (QED) is 0.774. The molecule has 0 heterocycles. The lowest BCUT2D eigenvalue weighted by atomic mass is 10.1. The highest BCUT2D eigenvalue weighted by molar-refractivity contribution is 5.56. The second kappa shape index (κ2) is 7.58. The number of aryl methyl sites for hydroxylation is 2. The smallest absolute Gasteiger partial charge is 0.142 e. The molecule has 2 rings (SSSR count). The third kappa shape index (κ3) is 4.71. The summed E-state index contributed by atoms with van der Waals surface area (Å²) in [6.07, 6.45) is 0. The first kappa shape index (κ1) is 15.2. The molecule has 0 saturated carbocycles. The summed E-state index contributed by atoms with van der Waals surface area (Å²) >= 11 is 0. The van der Waals surface area contributed by atoms with Crippen LogP contribution in [0.2, 0.25) is 0 Å². The van der Waals surface area contributed by atoms with Crippen LogP contribution in [0, 0.1) is 13.8 Å². The van der Waals surface area contributed by atoms with Crippen molar-refractivity contribution in [2.24, 2.45) is 0 Å². The fourth-order valence-corrected chi connectivity index (χ4v) is 2.26. The number of anilines is 1. The lowest BCUT2D eigenvalue weighted by Crippen LogP contribution is -2.12. The molecular weight excluding hydrogens is 262 g/mol. The Hall–Kier alpha value is -2.16. The van der Waals surface area contributed by atoms with Crippen LogP contribution < -0.4 is 14.8 Å². The maximum absolute atomic E-state index is 5.79. The van der Waals surface area contributed by atoms with Gasteiger partial charge in [-0.15, -0.1) is 0 Å². The number of hydrogen-bond acceptors (Lipinski definition) is 3. The molecular formula is C18H23NO2. The van der Waals surface area contributed by atoms with Gasteiger partial charge in [0.25, 0.3) is 0 Å². The molecule has 0 radical (unpaired) electrons. The van der Waals surface area contributed by atoms with Gasteiger partial charge in [-0.2, -0.15) is 0 Å². The second-order valence-electron chi connectivity index (χ2n) is 5.03. The Kier molecular flexibility index (Phi) is 5.50. The summed E-state index contributed by atoms with van der Waals surface area (Å²) in [5.41, 5.74) is 3.45. The van der Waals surface area contributed by atoms with E-state index in [0.29, 0.717) is 13.2 Å². The van der Waals surface area contributed by atoms with Gasteiger partial charge in [0.2, 0.25) is 0 Å². The highest BCUT2D eigenvalue weighted by Crippen LogP contribution is 2.23. The Balaban J connectivity index is 1.84. The van der Waals surface area contributed by atoms with Crippen LogP contribution in [0.25, 0.3) is 0 Å². The maximum Gasteiger partial charge on any atom is 0.142 e. The molecule has 0 amide bonds. The van der Waals surface area contributed by atoms with Crippen LogP contribution in [0.1, 0.15) is 18.1 Å². The van der Waals surface area contributed by atoms with Gasteiger partial charge in [0, 0.05) is 6.54 Å². The highest BCUT2D eigenvalue weighted by atomic mass is 16.5. The van der Waals surface area contributed by atoms with Gasteiger partial charge in [0.1, 0.15) is 18.1 Å². The molecule has 0 atom stereocenters. The van der Waals surface area contributed by atoms with E-state index in [2.05, 4.69) is 37.4 Å². The average Bonchev–Trinajstić information content (AvgIpc) is 2.44. The Morgan fingerprint density at radius 1 is 0.952 bits per heavy atom. The van der Waals surface area contributed by atoms with E-state index in [1.165, 1.54) is 11.1 Å². The van der Waals surface area contributed by atoms with Gasteiger partial charge in [-0.1, -0.05) is 18.2 Å². The fraction of sp³-hybridized carbons (Fsp3) is 0.333. The number of nitrogens with one attached hydrogen (secondary N) is 1. The van der Waals surface area contributed by atoms with Gasteiger partial charge in [0.05, 0.1) is 12.3 Å². The van der Waals surface area contributed by atoms with Gasteiger partial charge in [-0.3, -0.25) is 0 Å². The first-order valence-electron chi connectivity index (χ1n) is 7.36. The van der Waals surface area contributed by atoms with Crippen LogP contribution in [-0.2, 0) is 0 Å². The summed E-state index contributed by atoms with van der Waals surface area (Å²) in [5, 5.41) is 3.35. The van der Waals surface area contributed by atoms with Crippen LogP contribution in [0.15, 0.2) is 42.5 Å². The summed E-state index contributed by atoms with van der Waals surface area (Å²) in [6.45, 7) is 8.16. The molecule has 0 bridgehead atoms. The van der Waals surface area contributed by atoms with Crippen LogP contribution in [0.3, 0.4) is 0 Å². The van der Waals surface area contributed by atoms with Crippen molar-refractivity contribution in [1.82, 2.24) is 0 Å². The van der Waals surface area contributed by atoms with Crippen molar-refractivity contribution < 1.29 is 9.47 Å². The van der Waals surface area contributed by atoms with E-state index in [9.17, 15) is 0 Å². The van der Waals surface area contributed by atoms with E-state index in [1.807, 2.05) is 31.2 Å². The molecule has 2 aromatic carbocycles. The molecule has 21 heavy (non-hydrogen) atoms. The maximum atomic E-state index is 5.79. The highest BCUT2D eigenvalue weighted by Gasteiger charge is 2.01. The lowest BCUT2D eigenvalue weighted by Gasteiger charge is -2.13. The molecule has 0 aliphatic rings. The predicted octanol–water partition coefficient (Wildman–Crippen LogP) is 4.19.